The lowest BCUT2D eigenvalue weighted by atomic mass is 9.84. The fourth-order valence-electron chi connectivity index (χ4n) is 4.70. The van der Waals surface area contributed by atoms with Gasteiger partial charge in [-0.05, 0) is 49.0 Å². The summed E-state index contributed by atoms with van der Waals surface area (Å²) < 4.78 is 0. The van der Waals surface area contributed by atoms with Gasteiger partial charge in [0.1, 0.15) is 0 Å². The Balaban J connectivity index is 1.92. The van der Waals surface area contributed by atoms with Crippen LogP contribution in [0.1, 0.15) is 71.6 Å². The third-order valence-corrected chi connectivity index (χ3v) is 7.52. The highest BCUT2D eigenvalue weighted by molar-refractivity contribution is 7.81. The number of halogens is 1. The minimum Gasteiger partial charge on any atom is -0.324 e. The van der Waals surface area contributed by atoms with E-state index in [1.807, 2.05) is 0 Å². The van der Waals surface area contributed by atoms with Crippen molar-refractivity contribution in [2.75, 3.05) is 0 Å². The molecule has 0 aromatic heterocycles. The molecule has 2 rings (SSSR count). The van der Waals surface area contributed by atoms with Gasteiger partial charge in [-0.25, -0.2) is 0 Å². The summed E-state index contributed by atoms with van der Waals surface area (Å²) in [5, 5.41) is 0.513. The molecule has 3 heteroatoms. The highest BCUT2D eigenvalue weighted by Gasteiger charge is 2.38. The minimum atomic E-state index is 0.134. The fourth-order valence-corrected chi connectivity index (χ4v) is 5.87. The molecule has 148 valence electrons. The smallest absolute Gasteiger partial charge is 0.0378 e. The Hall–Kier alpha value is -0.180. The molecule has 0 radical (unpaired) electrons. The van der Waals surface area contributed by atoms with Crippen LogP contribution in [0.4, 0.5) is 0 Å². The number of allylic oxidation sites excluding steroid dienone is 3. The third kappa shape index (κ3) is 6.17. The summed E-state index contributed by atoms with van der Waals surface area (Å²) >= 11 is 11.2. The van der Waals surface area contributed by atoms with Crippen molar-refractivity contribution in [1.29, 1.82) is 0 Å². The van der Waals surface area contributed by atoms with E-state index in [9.17, 15) is 0 Å². The molecule has 0 heterocycles. The van der Waals surface area contributed by atoms with Crippen LogP contribution in [0, 0.1) is 17.8 Å². The van der Waals surface area contributed by atoms with Gasteiger partial charge in [0, 0.05) is 16.7 Å². The number of hydrogen-bond acceptors (Lipinski definition) is 2. The first kappa shape index (κ1) is 22.1. The molecule has 0 amide bonds. The van der Waals surface area contributed by atoms with Crippen molar-refractivity contribution in [1.82, 2.24) is 0 Å². The maximum atomic E-state index is 6.55. The van der Waals surface area contributed by atoms with E-state index in [-0.39, 0.29) is 11.4 Å². The maximum Gasteiger partial charge on any atom is 0.0378 e. The molecular weight excluding hydrogens is 358 g/mol. The predicted molar refractivity (Wildman–Crippen MR) is 120 cm³/mol. The molecule has 2 aliphatic rings. The van der Waals surface area contributed by atoms with Gasteiger partial charge in [-0.15, -0.1) is 11.6 Å². The van der Waals surface area contributed by atoms with Crippen molar-refractivity contribution < 1.29 is 0 Å². The summed E-state index contributed by atoms with van der Waals surface area (Å²) in [6, 6.07) is 0.134. The second kappa shape index (κ2) is 11.0. The molecule has 0 aromatic carbocycles. The first-order valence-corrected chi connectivity index (χ1v) is 11.5. The molecule has 2 saturated carbocycles. The van der Waals surface area contributed by atoms with E-state index in [1.165, 1.54) is 44.1 Å². The van der Waals surface area contributed by atoms with E-state index in [2.05, 4.69) is 38.7 Å². The second-order valence-electron chi connectivity index (χ2n) is 8.41. The van der Waals surface area contributed by atoms with E-state index >= 15 is 0 Å². The summed E-state index contributed by atoms with van der Waals surface area (Å²) in [4.78, 5) is 0. The third-order valence-electron chi connectivity index (χ3n) is 6.41. The van der Waals surface area contributed by atoms with Crippen LogP contribution in [0.25, 0.3) is 0 Å². The molecule has 5 unspecified atom stereocenters. The van der Waals surface area contributed by atoms with E-state index in [1.54, 1.807) is 0 Å². The lowest BCUT2D eigenvalue weighted by molar-refractivity contribution is 0.327. The Kier molecular flexibility index (Phi) is 9.33. The summed E-state index contributed by atoms with van der Waals surface area (Å²) in [5.74, 6) is 1.68. The van der Waals surface area contributed by atoms with Gasteiger partial charge in [-0.1, -0.05) is 76.3 Å². The van der Waals surface area contributed by atoms with Crippen molar-refractivity contribution in [3.63, 3.8) is 0 Å². The van der Waals surface area contributed by atoms with Crippen LogP contribution in [0.3, 0.4) is 0 Å². The molecule has 0 aliphatic heterocycles. The Morgan fingerprint density at radius 2 is 1.96 bits per heavy atom. The molecular formula is C23H38ClNS. The Morgan fingerprint density at radius 1 is 1.27 bits per heavy atom. The van der Waals surface area contributed by atoms with Gasteiger partial charge in [-0.2, -0.15) is 12.6 Å². The average Bonchev–Trinajstić information content (AvgIpc) is 2.89. The maximum absolute atomic E-state index is 6.55. The van der Waals surface area contributed by atoms with E-state index in [0.29, 0.717) is 17.1 Å². The molecule has 26 heavy (non-hydrogen) atoms. The molecule has 2 N–H and O–H groups in total. The zero-order chi connectivity index (χ0) is 19.1. The molecule has 5 atom stereocenters. The minimum absolute atomic E-state index is 0.134. The lowest BCUT2D eigenvalue weighted by Gasteiger charge is -2.24. The molecule has 0 spiro atoms. The molecule has 2 fully saturated rings. The van der Waals surface area contributed by atoms with Crippen molar-refractivity contribution in [3.05, 3.63) is 36.0 Å². The summed E-state index contributed by atoms with van der Waals surface area (Å²) in [7, 11) is 0. The lowest BCUT2D eigenvalue weighted by Crippen LogP contribution is -2.23. The standard InChI is InChI=1S/C23H38ClNS/c1-4-8-19(21(25)14-12-18-9-6-5-7-10-18)13-11-16(2)23-17(3)20(24)15-22(23)26/h8,11,13,17-18,20-23,26H,2,4-7,9-10,12,14-15,25H2,1,3H3/b13-11-,19-8+. The number of rotatable bonds is 8. The zero-order valence-electron chi connectivity index (χ0n) is 16.7. The largest absolute Gasteiger partial charge is 0.324 e. The van der Waals surface area contributed by atoms with Gasteiger partial charge in [0.25, 0.3) is 0 Å². The van der Waals surface area contributed by atoms with Gasteiger partial charge in [0.05, 0.1) is 0 Å². The Labute approximate surface area is 171 Å². The molecule has 1 nitrogen and oxygen atoms in total. The van der Waals surface area contributed by atoms with Crippen molar-refractivity contribution in [2.45, 2.75) is 88.3 Å². The quantitative estimate of drug-likeness (QED) is 0.267. The molecule has 0 saturated heterocycles. The monoisotopic (exact) mass is 395 g/mol. The zero-order valence-corrected chi connectivity index (χ0v) is 18.3. The normalized spacial score (nSPS) is 32.3. The summed E-state index contributed by atoms with van der Waals surface area (Å²) in [5.41, 5.74) is 8.95. The van der Waals surface area contributed by atoms with Crippen molar-refractivity contribution in [3.8, 4) is 0 Å². The summed E-state index contributed by atoms with van der Waals surface area (Å²) in [6.45, 7) is 8.72. The Bertz CT molecular complexity index is 506. The number of nitrogens with two attached hydrogens (primary N) is 1. The highest BCUT2D eigenvalue weighted by atomic mass is 35.5. The van der Waals surface area contributed by atoms with Crippen LogP contribution in [0.2, 0.25) is 0 Å². The van der Waals surface area contributed by atoms with Gasteiger partial charge < -0.3 is 5.73 Å². The van der Waals surface area contributed by atoms with Gasteiger partial charge in [0.2, 0.25) is 0 Å². The fraction of sp³-hybridized carbons (Fsp3) is 0.739. The van der Waals surface area contributed by atoms with Crippen LogP contribution < -0.4 is 5.73 Å². The topological polar surface area (TPSA) is 26.0 Å². The van der Waals surface area contributed by atoms with Crippen LogP contribution in [0.5, 0.6) is 0 Å². The van der Waals surface area contributed by atoms with Gasteiger partial charge in [-0.3, -0.25) is 0 Å². The number of hydrogen-bond donors (Lipinski definition) is 2. The number of thiol groups is 1. The van der Waals surface area contributed by atoms with E-state index in [4.69, 9.17) is 30.0 Å². The first-order valence-electron chi connectivity index (χ1n) is 10.6. The van der Waals surface area contributed by atoms with Crippen LogP contribution >= 0.6 is 24.2 Å². The second-order valence-corrected chi connectivity index (χ2v) is 9.64. The molecule has 0 bridgehead atoms. The molecule has 2 aliphatic carbocycles. The van der Waals surface area contributed by atoms with Crippen LogP contribution in [-0.4, -0.2) is 16.7 Å². The van der Waals surface area contributed by atoms with E-state index < -0.39 is 0 Å². The Morgan fingerprint density at radius 3 is 2.54 bits per heavy atom. The van der Waals surface area contributed by atoms with Crippen molar-refractivity contribution in [2.24, 2.45) is 23.5 Å². The molecule has 0 aromatic rings. The SMILES string of the molecule is C=C(/C=C\C(=C/CC)C(N)CCC1CCCCC1)C1C(S)CC(Cl)C1C. The van der Waals surface area contributed by atoms with E-state index in [0.717, 1.165) is 30.8 Å². The number of alkyl halides is 1. The van der Waals surface area contributed by atoms with Gasteiger partial charge >= 0.3 is 0 Å². The highest BCUT2D eigenvalue weighted by Crippen LogP contribution is 2.42. The van der Waals surface area contributed by atoms with Crippen LogP contribution in [0.15, 0.2) is 36.0 Å². The van der Waals surface area contributed by atoms with Gasteiger partial charge in [0.15, 0.2) is 0 Å². The average molecular weight is 396 g/mol. The summed E-state index contributed by atoms with van der Waals surface area (Å²) in [6.07, 6.45) is 18.0. The first-order chi connectivity index (χ1) is 12.4. The predicted octanol–water partition coefficient (Wildman–Crippen LogP) is 6.68. The van der Waals surface area contributed by atoms with Crippen molar-refractivity contribution >= 4 is 24.2 Å². The van der Waals surface area contributed by atoms with Crippen LogP contribution in [-0.2, 0) is 0 Å².